The maximum Gasteiger partial charge on any atom is 0.323 e. The Balaban J connectivity index is 2.22. The van der Waals surface area contributed by atoms with Crippen LogP contribution in [0.5, 0.6) is 0 Å². The highest BCUT2D eigenvalue weighted by Gasteiger charge is 2.21. The molecule has 0 bridgehead atoms. The van der Waals surface area contributed by atoms with Crippen LogP contribution in [0.2, 0.25) is 0 Å². The van der Waals surface area contributed by atoms with E-state index in [-0.39, 0.29) is 18.3 Å². The zero-order valence-corrected chi connectivity index (χ0v) is 16.9. The van der Waals surface area contributed by atoms with Gasteiger partial charge in [-0.3, -0.25) is 14.2 Å². The van der Waals surface area contributed by atoms with Crippen molar-refractivity contribution in [2.24, 2.45) is 5.41 Å². The van der Waals surface area contributed by atoms with Crippen molar-refractivity contribution in [2.45, 2.75) is 40.3 Å². The fourth-order valence-corrected chi connectivity index (χ4v) is 3.39. The van der Waals surface area contributed by atoms with Crippen LogP contribution < -0.4 is 5.09 Å². The molecule has 6 nitrogen and oxygen atoms in total. The molecule has 0 aliphatic rings. The molecule has 140 valence electrons. The Morgan fingerprint density at radius 3 is 2.48 bits per heavy atom. The summed E-state index contributed by atoms with van der Waals surface area (Å²) >= 11 is 1.15. The number of hydrogen-bond acceptors (Lipinski definition) is 6. The average molecular weight is 387 g/mol. The van der Waals surface area contributed by atoms with E-state index in [0.717, 1.165) is 17.3 Å². The van der Waals surface area contributed by atoms with E-state index in [1.807, 2.05) is 51.1 Å². The van der Waals surface area contributed by atoms with Crippen molar-refractivity contribution in [1.29, 1.82) is 0 Å². The van der Waals surface area contributed by atoms with Crippen LogP contribution in [0.1, 0.15) is 33.3 Å². The van der Waals surface area contributed by atoms with Gasteiger partial charge in [-0.25, -0.2) is 5.09 Å². The van der Waals surface area contributed by atoms with E-state index in [4.69, 9.17) is 9.26 Å². The van der Waals surface area contributed by atoms with Gasteiger partial charge in [0.2, 0.25) is 0 Å². The van der Waals surface area contributed by atoms with Gasteiger partial charge in [-0.1, -0.05) is 62.9 Å². The number of benzene rings is 1. The van der Waals surface area contributed by atoms with Gasteiger partial charge in [-0.2, -0.15) is 0 Å². The molecular formula is C17H26NO5PS. The van der Waals surface area contributed by atoms with Gasteiger partial charge in [0, 0.05) is 11.2 Å². The number of thioether (sulfide) groups is 1. The fraction of sp³-hybridized carbons (Fsp3) is 0.529. The summed E-state index contributed by atoms with van der Waals surface area (Å²) < 4.78 is 22.1. The first-order valence-electron chi connectivity index (χ1n) is 8.01. The maximum atomic E-state index is 11.9. The molecule has 0 amide bonds. The van der Waals surface area contributed by atoms with Gasteiger partial charge in [-0.15, -0.1) is 0 Å². The third-order valence-electron chi connectivity index (χ3n) is 3.07. The summed E-state index contributed by atoms with van der Waals surface area (Å²) in [7, 11) is -2.57. The van der Waals surface area contributed by atoms with E-state index in [9.17, 15) is 14.2 Å². The molecular weight excluding hydrogens is 361 g/mol. The van der Waals surface area contributed by atoms with Gasteiger partial charge in [0.15, 0.2) is 5.12 Å². The second kappa shape index (κ2) is 10.8. The number of esters is 1. The molecule has 0 fully saturated rings. The van der Waals surface area contributed by atoms with Crippen molar-refractivity contribution in [3.05, 3.63) is 35.9 Å². The minimum Gasteiger partial charge on any atom is -0.460 e. The van der Waals surface area contributed by atoms with E-state index in [1.165, 1.54) is 0 Å². The Kier molecular flexibility index (Phi) is 9.43. The molecule has 1 aromatic rings. The predicted octanol–water partition coefficient (Wildman–Crippen LogP) is 3.42. The zero-order chi connectivity index (χ0) is 18.9. The molecule has 0 aliphatic carbocycles. The lowest BCUT2D eigenvalue weighted by atomic mass is 10.00. The minimum absolute atomic E-state index is 0.0570. The van der Waals surface area contributed by atoms with E-state index in [1.54, 1.807) is 6.92 Å². The first-order valence-corrected chi connectivity index (χ1v) is 10.3. The third kappa shape index (κ3) is 9.21. The van der Waals surface area contributed by atoms with Gasteiger partial charge in [0.25, 0.3) is 8.18 Å². The SMILES string of the molecule is C[C@H](N[PH](=O)OCCSC(=O)C(C)(C)C)C(=O)OCc1ccccc1. The van der Waals surface area contributed by atoms with Gasteiger partial charge in [-0.05, 0) is 12.5 Å². The summed E-state index contributed by atoms with van der Waals surface area (Å²) in [5, 5.41) is 2.65. The van der Waals surface area contributed by atoms with Crippen molar-refractivity contribution in [3.63, 3.8) is 0 Å². The molecule has 1 aromatic carbocycles. The molecule has 0 heterocycles. The summed E-state index contributed by atoms with van der Waals surface area (Å²) in [6.07, 6.45) is 0. The van der Waals surface area contributed by atoms with Gasteiger partial charge >= 0.3 is 5.97 Å². The molecule has 1 N–H and O–H groups in total. The lowest BCUT2D eigenvalue weighted by Gasteiger charge is -2.16. The largest absolute Gasteiger partial charge is 0.460 e. The van der Waals surface area contributed by atoms with Crippen LogP contribution in [0, 0.1) is 5.41 Å². The van der Waals surface area contributed by atoms with Crippen LogP contribution in [0.3, 0.4) is 0 Å². The van der Waals surface area contributed by atoms with E-state index in [0.29, 0.717) is 5.75 Å². The molecule has 8 heteroatoms. The van der Waals surface area contributed by atoms with Crippen molar-refractivity contribution in [3.8, 4) is 0 Å². The number of rotatable bonds is 9. The van der Waals surface area contributed by atoms with Crippen LogP contribution in [0.4, 0.5) is 0 Å². The number of carbonyl (C=O) groups excluding carboxylic acids is 2. The molecule has 1 rings (SSSR count). The smallest absolute Gasteiger partial charge is 0.323 e. The molecule has 25 heavy (non-hydrogen) atoms. The zero-order valence-electron chi connectivity index (χ0n) is 15.0. The molecule has 2 atom stereocenters. The van der Waals surface area contributed by atoms with E-state index < -0.39 is 25.6 Å². The Labute approximate surface area is 154 Å². The summed E-state index contributed by atoms with van der Waals surface area (Å²) in [5.41, 5.74) is 0.470. The summed E-state index contributed by atoms with van der Waals surface area (Å²) in [5.74, 6) is -0.0795. The van der Waals surface area contributed by atoms with Crippen LogP contribution in [-0.2, 0) is 30.0 Å². The van der Waals surface area contributed by atoms with E-state index in [2.05, 4.69) is 5.09 Å². The van der Waals surface area contributed by atoms with Crippen LogP contribution in [-0.4, -0.2) is 29.5 Å². The highest BCUT2D eigenvalue weighted by molar-refractivity contribution is 8.13. The third-order valence-corrected chi connectivity index (χ3v) is 5.45. The molecule has 0 aromatic heterocycles. The van der Waals surface area contributed by atoms with Crippen molar-refractivity contribution in [2.75, 3.05) is 12.4 Å². The first kappa shape index (κ1) is 21.9. The van der Waals surface area contributed by atoms with Crippen LogP contribution in [0.15, 0.2) is 30.3 Å². The Bertz CT molecular complexity index is 588. The normalized spacial score (nSPS) is 13.9. The molecule has 0 radical (unpaired) electrons. The van der Waals surface area contributed by atoms with Crippen LogP contribution in [0.25, 0.3) is 0 Å². The molecule has 0 saturated heterocycles. The fourth-order valence-electron chi connectivity index (χ4n) is 1.62. The van der Waals surface area contributed by atoms with Crippen molar-refractivity contribution in [1.82, 2.24) is 5.09 Å². The quantitative estimate of drug-likeness (QED) is 0.395. The highest BCUT2D eigenvalue weighted by Crippen LogP contribution is 2.24. The Hall–Kier alpha value is -1.14. The summed E-state index contributed by atoms with van der Waals surface area (Å²) in [6.45, 7) is 7.43. The summed E-state index contributed by atoms with van der Waals surface area (Å²) in [6, 6.07) is 8.58. The topological polar surface area (TPSA) is 81.7 Å². The lowest BCUT2D eigenvalue weighted by molar-refractivity contribution is -0.146. The number of nitrogens with one attached hydrogen (secondary N) is 1. The average Bonchev–Trinajstić information content (AvgIpc) is 2.56. The number of ether oxygens (including phenoxy) is 1. The minimum atomic E-state index is -2.57. The maximum absolute atomic E-state index is 11.9. The molecule has 0 spiro atoms. The molecule has 0 aliphatic heterocycles. The van der Waals surface area contributed by atoms with Gasteiger partial charge < -0.3 is 9.26 Å². The van der Waals surface area contributed by atoms with Crippen molar-refractivity contribution < 1.29 is 23.4 Å². The lowest BCUT2D eigenvalue weighted by Crippen LogP contribution is -2.31. The monoisotopic (exact) mass is 387 g/mol. The van der Waals surface area contributed by atoms with E-state index >= 15 is 0 Å². The van der Waals surface area contributed by atoms with Gasteiger partial charge in [0.1, 0.15) is 12.6 Å². The van der Waals surface area contributed by atoms with Crippen molar-refractivity contribution >= 4 is 31.0 Å². The van der Waals surface area contributed by atoms with Gasteiger partial charge in [0.05, 0.1) is 6.61 Å². The second-order valence-corrected chi connectivity index (χ2v) is 8.70. The predicted molar refractivity (Wildman–Crippen MR) is 101 cm³/mol. The summed E-state index contributed by atoms with van der Waals surface area (Å²) in [4.78, 5) is 23.6. The standard InChI is InChI=1S/C17H26NO5PS/c1-13(15(19)22-12-14-8-6-5-7-9-14)18-24(21)23-10-11-25-16(20)17(2,3)4/h5-9,13,24H,10-12H2,1-4H3,(H,18,21)/t13-/m0/s1. The Morgan fingerprint density at radius 1 is 1.24 bits per heavy atom. The first-order chi connectivity index (χ1) is 11.7. The van der Waals surface area contributed by atoms with Crippen LogP contribution >= 0.6 is 19.9 Å². The molecule has 0 saturated carbocycles. The number of hydrogen-bond donors (Lipinski definition) is 1. The second-order valence-electron chi connectivity index (χ2n) is 6.48. The molecule has 1 unspecified atom stereocenters. The number of carbonyl (C=O) groups is 2. The highest BCUT2D eigenvalue weighted by atomic mass is 32.2. The Morgan fingerprint density at radius 2 is 1.88 bits per heavy atom.